The Bertz CT molecular complexity index is 925. The first kappa shape index (κ1) is 19.0. The molecule has 3 heterocycles. The summed E-state index contributed by atoms with van der Waals surface area (Å²) in [5.41, 5.74) is 1.26. The van der Waals surface area contributed by atoms with Crippen molar-refractivity contribution in [3.05, 3.63) is 20.8 Å². The van der Waals surface area contributed by atoms with Crippen LogP contribution in [-0.4, -0.2) is 38.7 Å². The average Bonchev–Trinajstić information content (AvgIpc) is 3.04. The Morgan fingerprint density at radius 3 is 2.70 bits per heavy atom. The lowest BCUT2D eigenvalue weighted by Crippen LogP contribution is -2.41. The van der Waals surface area contributed by atoms with Gasteiger partial charge in [0, 0.05) is 25.0 Å². The quantitative estimate of drug-likeness (QED) is 0.578. The van der Waals surface area contributed by atoms with Gasteiger partial charge < -0.3 is 4.90 Å². The molecule has 4 rings (SSSR count). The minimum atomic E-state index is -0.233. The molecule has 0 radical (unpaired) electrons. The molecule has 0 unspecified atom stereocenters. The fourth-order valence-electron chi connectivity index (χ4n) is 4.07. The van der Waals surface area contributed by atoms with E-state index in [-0.39, 0.29) is 16.7 Å². The SMILES string of the molecule is CC1CCN(C(=O)[C@H](C)Sc2nc3sc4c(c3c(=O)n2C)CCCC4)CC1. The molecule has 1 fully saturated rings. The van der Waals surface area contributed by atoms with E-state index in [1.54, 1.807) is 23.0 Å². The van der Waals surface area contributed by atoms with E-state index in [9.17, 15) is 9.59 Å². The molecular formula is C20H27N3O2S2. The summed E-state index contributed by atoms with van der Waals surface area (Å²) >= 11 is 3.08. The Hall–Kier alpha value is -1.34. The third-order valence-corrected chi connectivity index (χ3v) is 8.20. The molecule has 7 heteroatoms. The molecule has 2 aromatic rings. The van der Waals surface area contributed by atoms with E-state index >= 15 is 0 Å². The van der Waals surface area contributed by atoms with Gasteiger partial charge >= 0.3 is 0 Å². The van der Waals surface area contributed by atoms with Crippen LogP contribution < -0.4 is 5.56 Å². The number of hydrogen-bond acceptors (Lipinski definition) is 5. The molecule has 0 aromatic carbocycles. The van der Waals surface area contributed by atoms with Crippen molar-refractivity contribution in [1.29, 1.82) is 0 Å². The van der Waals surface area contributed by atoms with Crippen LogP contribution in [0.3, 0.4) is 0 Å². The number of piperidine rings is 1. The van der Waals surface area contributed by atoms with E-state index in [4.69, 9.17) is 4.98 Å². The highest BCUT2D eigenvalue weighted by Gasteiger charge is 2.27. The number of likely N-dealkylation sites (tertiary alicyclic amines) is 1. The smallest absolute Gasteiger partial charge is 0.262 e. The van der Waals surface area contributed by atoms with Gasteiger partial charge in [-0.15, -0.1) is 11.3 Å². The second kappa shape index (κ2) is 7.59. The van der Waals surface area contributed by atoms with Gasteiger partial charge in [-0.2, -0.15) is 0 Å². The Kier molecular flexibility index (Phi) is 5.34. The molecule has 1 amide bonds. The van der Waals surface area contributed by atoms with Crippen LogP contribution in [0.1, 0.15) is 50.0 Å². The van der Waals surface area contributed by atoms with Crippen molar-refractivity contribution in [1.82, 2.24) is 14.5 Å². The summed E-state index contributed by atoms with van der Waals surface area (Å²) in [5.74, 6) is 0.860. The van der Waals surface area contributed by atoms with Gasteiger partial charge in [0.05, 0.1) is 10.6 Å². The Labute approximate surface area is 168 Å². The highest BCUT2D eigenvalue weighted by atomic mass is 32.2. The molecule has 1 aliphatic carbocycles. The molecule has 1 saturated heterocycles. The average molecular weight is 406 g/mol. The zero-order valence-corrected chi connectivity index (χ0v) is 17.9. The van der Waals surface area contributed by atoms with Gasteiger partial charge in [-0.3, -0.25) is 14.2 Å². The zero-order chi connectivity index (χ0) is 19.1. The molecule has 5 nitrogen and oxygen atoms in total. The van der Waals surface area contributed by atoms with Crippen LogP contribution >= 0.6 is 23.1 Å². The summed E-state index contributed by atoms with van der Waals surface area (Å²) in [6.45, 7) is 5.86. The van der Waals surface area contributed by atoms with Gasteiger partial charge in [-0.05, 0) is 56.9 Å². The van der Waals surface area contributed by atoms with E-state index in [0.717, 1.165) is 55.4 Å². The first-order chi connectivity index (χ1) is 13.0. The summed E-state index contributed by atoms with van der Waals surface area (Å²) in [6, 6.07) is 0. The first-order valence-corrected chi connectivity index (χ1v) is 11.6. The lowest BCUT2D eigenvalue weighted by molar-refractivity contribution is -0.131. The van der Waals surface area contributed by atoms with Gasteiger partial charge in [0.25, 0.3) is 5.56 Å². The largest absolute Gasteiger partial charge is 0.342 e. The number of fused-ring (bicyclic) bond motifs is 3. The lowest BCUT2D eigenvalue weighted by atomic mass is 9.97. The Morgan fingerprint density at radius 2 is 1.96 bits per heavy atom. The molecule has 0 spiro atoms. The highest BCUT2D eigenvalue weighted by Crippen LogP contribution is 2.35. The number of thioether (sulfide) groups is 1. The normalized spacial score (nSPS) is 19.3. The molecule has 0 saturated carbocycles. The van der Waals surface area contributed by atoms with E-state index in [2.05, 4.69) is 6.92 Å². The van der Waals surface area contributed by atoms with E-state index in [0.29, 0.717) is 11.1 Å². The fraction of sp³-hybridized carbons (Fsp3) is 0.650. The molecule has 2 aromatic heterocycles. The van der Waals surface area contributed by atoms with Crippen LogP contribution in [0.2, 0.25) is 0 Å². The van der Waals surface area contributed by atoms with Crippen molar-refractivity contribution in [3.8, 4) is 0 Å². The third-order valence-electron chi connectivity index (χ3n) is 5.88. The summed E-state index contributed by atoms with van der Waals surface area (Å²) in [7, 11) is 1.78. The van der Waals surface area contributed by atoms with Crippen molar-refractivity contribution in [2.75, 3.05) is 13.1 Å². The second-order valence-corrected chi connectivity index (χ2v) is 10.3. The molecule has 0 bridgehead atoms. The van der Waals surface area contributed by atoms with Crippen molar-refractivity contribution in [2.45, 2.75) is 62.8 Å². The topological polar surface area (TPSA) is 55.2 Å². The molecule has 1 aliphatic heterocycles. The third kappa shape index (κ3) is 3.56. The number of carbonyl (C=O) groups excluding carboxylic acids is 1. The number of carbonyl (C=O) groups is 1. The van der Waals surface area contributed by atoms with E-state index < -0.39 is 0 Å². The Balaban J connectivity index is 1.59. The molecular weight excluding hydrogens is 378 g/mol. The fourth-order valence-corrected chi connectivity index (χ4v) is 6.33. The van der Waals surface area contributed by atoms with E-state index in [1.165, 1.54) is 28.6 Å². The maximum atomic E-state index is 13.0. The number of aromatic nitrogens is 2. The minimum absolute atomic E-state index is 0.0355. The second-order valence-electron chi connectivity index (χ2n) is 7.92. The van der Waals surface area contributed by atoms with Crippen molar-refractivity contribution in [2.24, 2.45) is 13.0 Å². The van der Waals surface area contributed by atoms with E-state index in [1.807, 2.05) is 11.8 Å². The molecule has 0 N–H and O–H groups in total. The zero-order valence-electron chi connectivity index (χ0n) is 16.3. The molecule has 27 heavy (non-hydrogen) atoms. The molecule has 2 aliphatic rings. The number of amides is 1. The number of rotatable bonds is 3. The number of aryl methyl sites for hydroxylation is 2. The predicted molar refractivity (Wildman–Crippen MR) is 112 cm³/mol. The Morgan fingerprint density at radius 1 is 1.26 bits per heavy atom. The number of hydrogen-bond donors (Lipinski definition) is 0. The maximum Gasteiger partial charge on any atom is 0.262 e. The monoisotopic (exact) mass is 405 g/mol. The van der Waals surface area contributed by atoms with Crippen LogP contribution in [0.5, 0.6) is 0 Å². The molecule has 146 valence electrons. The van der Waals surface area contributed by atoms with Crippen molar-refractivity contribution < 1.29 is 4.79 Å². The summed E-state index contributed by atoms with van der Waals surface area (Å²) in [6.07, 6.45) is 6.55. The highest BCUT2D eigenvalue weighted by molar-refractivity contribution is 8.00. The predicted octanol–water partition coefficient (Wildman–Crippen LogP) is 3.61. The van der Waals surface area contributed by atoms with Crippen molar-refractivity contribution >= 4 is 39.2 Å². The van der Waals surface area contributed by atoms with Gasteiger partial charge in [-0.25, -0.2) is 4.98 Å². The maximum absolute atomic E-state index is 13.0. The summed E-state index contributed by atoms with van der Waals surface area (Å²) in [4.78, 5) is 34.8. The van der Waals surface area contributed by atoms with Crippen LogP contribution in [-0.2, 0) is 24.7 Å². The van der Waals surface area contributed by atoms with Gasteiger partial charge in [0.15, 0.2) is 5.16 Å². The summed E-state index contributed by atoms with van der Waals surface area (Å²) in [5, 5.41) is 1.23. The molecule has 1 atom stereocenters. The summed E-state index contributed by atoms with van der Waals surface area (Å²) < 4.78 is 1.64. The van der Waals surface area contributed by atoms with Crippen LogP contribution in [0, 0.1) is 5.92 Å². The standard InChI is InChI=1S/C20H27N3O2S2/c1-12-8-10-23(11-9-12)18(24)13(2)26-20-21-17-16(19(25)22(20)3)14-6-4-5-7-15(14)27-17/h12-13H,4-11H2,1-3H3/t13-/m0/s1. The minimum Gasteiger partial charge on any atom is -0.342 e. The van der Waals surface area contributed by atoms with Gasteiger partial charge in [-0.1, -0.05) is 18.7 Å². The van der Waals surface area contributed by atoms with Gasteiger partial charge in [0.2, 0.25) is 5.91 Å². The number of nitrogens with zero attached hydrogens (tertiary/aromatic N) is 3. The number of thiophene rings is 1. The van der Waals surface area contributed by atoms with Crippen LogP contribution in [0.4, 0.5) is 0 Å². The van der Waals surface area contributed by atoms with Crippen molar-refractivity contribution in [3.63, 3.8) is 0 Å². The van der Waals surface area contributed by atoms with Crippen LogP contribution in [0.15, 0.2) is 9.95 Å². The first-order valence-electron chi connectivity index (χ1n) is 9.92. The van der Waals surface area contributed by atoms with Gasteiger partial charge in [0.1, 0.15) is 4.83 Å². The van der Waals surface area contributed by atoms with Crippen LogP contribution in [0.25, 0.3) is 10.2 Å². The lowest BCUT2D eigenvalue weighted by Gasteiger charge is -2.32.